The maximum atomic E-state index is 8.06. The van der Waals surface area contributed by atoms with Crippen LogP contribution in [0, 0.1) is 0 Å². The molecule has 0 amide bonds. The summed E-state index contributed by atoms with van der Waals surface area (Å²) in [6, 6.07) is 8.07. The predicted octanol–water partition coefficient (Wildman–Crippen LogP) is 3.19. The Hall–Kier alpha value is -1.85. The zero-order valence-corrected chi connectivity index (χ0v) is 12.1. The van der Waals surface area contributed by atoms with Gasteiger partial charge in [-0.25, -0.2) is 0 Å². The van der Waals surface area contributed by atoms with E-state index in [2.05, 4.69) is 16.6 Å². The smallest absolute Gasteiger partial charge is 0.0718 e. The fourth-order valence-corrected chi connectivity index (χ4v) is 1.53. The zero-order chi connectivity index (χ0) is 15.2. The number of hydrogen-bond donors (Lipinski definition) is 0. The second kappa shape index (κ2) is 11.9. The van der Waals surface area contributed by atoms with Gasteiger partial charge in [-0.15, -0.1) is 0 Å². The molecule has 0 spiro atoms. The highest BCUT2D eigenvalue weighted by atomic mass is 16.5. The number of rotatable bonds is 12. The standard InChI is InChI=1S/C15H21N3O3/c1-2-14-3-5-15(6-4-14)13-21-12-11-20-10-9-19-8-7-17-18-16/h2-6H,1,7-13H2. The minimum absolute atomic E-state index is 0.351. The molecule has 6 nitrogen and oxygen atoms in total. The number of azide groups is 1. The Morgan fingerprint density at radius 2 is 1.62 bits per heavy atom. The highest BCUT2D eigenvalue weighted by Gasteiger charge is 1.94. The fraction of sp³-hybridized carbons (Fsp3) is 0.467. The van der Waals surface area contributed by atoms with E-state index in [1.807, 2.05) is 30.3 Å². The number of hydrogen-bond acceptors (Lipinski definition) is 4. The Morgan fingerprint density at radius 1 is 1.00 bits per heavy atom. The lowest BCUT2D eigenvalue weighted by Crippen LogP contribution is -2.10. The zero-order valence-electron chi connectivity index (χ0n) is 12.1. The molecule has 114 valence electrons. The molecule has 1 aromatic rings. The average Bonchev–Trinajstić information content (AvgIpc) is 2.53. The van der Waals surface area contributed by atoms with E-state index in [1.54, 1.807) is 0 Å². The van der Waals surface area contributed by atoms with Crippen LogP contribution in [0.1, 0.15) is 11.1 Å². The van der Waals surface area contributed by atoms with Crippen LogP contribution in [0.15, 0.2) is 36.0 Å². The Balaban J connectivity index is 1.92. The topological polar surface area (TPSA) is 76.5 Å². The van der Waals surface area contributed by atoms with Gasteiger partial charge in [-0.2, -0.15) is 0 Å². The third-order valence-electron chi connectivity index (χ3n) is 2.63. The molecule has 0 atom stereocenters. The second-order valence-electron chi connectivity index (χ2n) is 4.18. The number of nitrogens with zero attached hydrogens (tertiary/aromatic N) is 3. The summed E-state index contributed by atoms with van der Waals surface area (Å²) in [5.41, 5.74) is 10.3. The quantitative estimate of drug-likeness (QED) is 0.257. The van der Waals surface area contributed by atoms with Crippen LogP contribution < -0.4 is 0 Å². The van der Waals surface area contributed by atoms with Crippen LogP contribution in [-0.2, 0) is 20.8 Å². The van der Waals surface area contributed by atoms with E-state index >= 15 is 0 Å². The first kappa shape index (κ1) is 17.2. The Bertz CT molecular complexity index is 442. The van der Waals surface area contributed by atoms with E-state index in [9.17, 15) is 0 Å². The van der Waals surface area contributed by atoms with Gasteiger partial charge in [0, 0.05) is 11.5 Å². The van der Waals surface area contributed by atoms with Crippen LogP contribution in [-0.4, -0.2) is 39.6 Å². The summed E-state index contributed by atoms with van der Waals surface area (Å²) >= 11 is 0. The van der Waals surface area contributed by atoms with E-state index in [4.69, 9.17) is 19.7 Å². The Labute approximate surface area is 125 Å². The molecule has 0 unspecified atom stereocenters. The molecule has 0 aromatic heterocycles. The maximum absolute atomic E-state index is 8.06. The van der Waals surface area contributed by atoms with Crippen molar-refractivity contribution in [1.29, 1.82) is 0 Å². The summed E-state index contributed by atoms with van der Waals surface area (Å²) < 4.78 is 16.0. The molecule has 6 heteroatoms. The second-order valence-corrected chi connectivity index (χ2v) is 4.18. The lowest BCUT2D eigenvalue weighted by molar-refractivity contribution is 0.0119. The molecule has 0 fully saturated rings. The van der Waals surface area contributed by atoms with Gasteiger partial charge < -0.3 is 14.2 Å². The molecule has 0 bridgehead atoms. The van der Waals surface area contributed by atoms with Crippen LogP contribution >= 0.6 is 0 Å². The van der Waals surface area contributed by atoms with Crippen LogP contribution in [0.5, 0.6) is 0 Å². The average molecular weight is 291 g/mol. The van der Waals surface area contributed by atoms with E-state index < -0.39 is 0 Å². The molecule has 0 aliphatic carbocycles. The van der Waals surface area contributed by atoms with Crippen molar-refractivity contribution in [3.8, 4) is 0 Å². The first-order chi connectivity index (χ1) is 10.4. The van der Waals surface area contributed by atoms with E-state index in [-0.39, 0.29) is 0 Å². The molecule has 0 aliphatic rings. The Kier molecular flexibility index (Phi) is 9.78. The van der Waals surface area contributed by atoms with Gasteiger partial charge in [-0.05, 0) is 16.7 Å². The molecule has 0 saturated carbocycles. The molecule has 1 rings (SSSR count). The van der Waals surface area contributed by atoms with Gasteiger partial charge in [-0.1, -0.05) is 42.0 Å². The minimum Gasteiger partial charge on any atom is -0.379 e. The van der Waals surface area contributed by atoms with E-state index in [0.717, 1.165) is 11.1 Å². The molecular formula is C15H21N3O3. The molecule has 21 heavy (non-hydrogen) atoms. The lowest BCUT2D eigenvalue weighted by Gasteiger charge is -2.06. The van der Waals surface area contributed by atoms with Crippen molar-refractivity contribution in [1.82, 2.24) is 0 Å². The molecular weight excluding hydrogens is 270 g/mol. The van der Waals surface area contributed by atoms with Crippen molar-refractivity contribution < 1.29 is 14.2 Å². The third kappa shape index (κ3) is 8.83. The highest BCUT2D eigenvalue weighted by molar-refractivity contribution is 5.47. The van der Waals surface area contributed by atoms with E-state index in [0.29, 0.717) is 46.2 Å². The summed E-state index contributed by atoms with van der Waals surface area (Å²) in [5, 5.41) is 3.36. The van der Waals surface area contributed by atoms with Crippen LogP contribution in [0.2, 0.25) is 0 Å². The van der Waals surface area contributed by atoms with Crippen molar-refractivity contribution in [2.75, 3.05) is 39.6 Å². The summed E-state index contributed by atoms with van der Waals surface area (Å²) in [7, 11) is 0. The SMILES string of the molecule is C=Cc1ccc(COCCOCCOCCN=[N+]=[N-])cc1. The summed E-state index contributed by atoms with van der Waals surface area (Å²) in [6.45, 7) is 7.13. The van der Waals surface area contributed by atoms with Gasteiger partial charge in [0.15, 0.2) is 0 Å². The van der Waals surface area contributed by atoms with Gasteiger partial charge in [0.1, 0.15) is 0 Å². The van der Waals surface area contributed by atoms with Crippen molar-refractivity contribution >= 4 is 6.08 Å². The van der Waals surface area contributed by atoms with Crippen molar-refractivity contribution in [3.05, 3.63) is 52.4 Å². The first-order valence-electron chi connectivity index (χ1n) is 6.82. The Morgan fingerprint density at radius 3 is 2.24 bits per heavy atom. The van der Waals surface area contributed by atoms with Gasteiger partial charge in [0.25, 0.3) is 0 Å². The monoisotopic (exact) mass is 291 g/mol. The first-order valence-corrected chi connectivity index (χ1v) is 6.82. The lowest BCUT2D eigenvalue weighted by atomic mass is 10.1. The van der Waals surface area contributed by atoms with Crippen molar-refractivity contribution in [2.24, 2.45) is 5.11 Å². The van der Waals surface area contributed by atoms with E-state index in [1.165, 1.54) is 0 Å². The van der Waals surface area contributed by atoms with Gasteiger partial charge in [0.2, 0.25) is 0 Å². The summed E-state index contributed by atoms with van der Waals surface area (Å²) in [4.78, 5) is 2.63. The largest absolute Gasteiger partial charge is 0.379 e. The van der Waals surface area contributed by atoms with Gasteiger partial charge >= 0.3 is 0 Å². The number of ether oxygens (including phenoxy) is 3. The molecule has 0 aliphatic heterocycles. The van der Waals surface area contributed by atoms with Crippen molar-refractivity contribution in [3.63, 3.8) is 0 Å². The van der Waals surface area contributed by atoms with Gasteiger partial charge in [-0.3, -0.25) is 0 Å². The number of benzene rings is 1. The van der Waals surface area contributed by atoms with Crippen LogP contribution in [0.4, 0.5) is 0 Å². The third-order valence-corrected chi connectivity index (χ3v) is 2.63. The predicted molar refractivity (Wildman–Crippen MR) is 81.8 cm³/mol. The molecule has 0 heterocycles. The maximum Gasteiger partial charge on any atom is 0.0718 e. The summed E-state index contributed by atoms with van der Waals surface area (Å²) in [6.07, 6.45) is 1.81. The van der Waals surface area contributed by atoms with Crippen molar-refractivity contribution in [2.45, 2.75) is 6.61 Å². The summed E-state index contributed by atoms with van der Waals surface area (Å²) in [5.74, 6) is 0. The van der Waals surface area contributed by atoms with Gasteiger partial charge in [0.05, 0.1) is 39.6 Å². The molecule has 1 aromatic carbocycles. The minimum atomic E-state index is 0.351. The molecule has 0 radical (unpaired) electrons. The fourth-order valence-electron chi connectivity index (χ4n) is 1.53. The normalized spacial score (nSPS) is 10.1. The molecule has 0 N–H and O–H groups in total. The van der Waals surface area contributed by atoms with Crippen LogP contribution in [0.25, 0.3) is 16.5 Å². The highest BCUT2D eigenvalue weighted by Crippen LogP contribution is 2.06. The molecule has 0 saturated heterocycles. The van der Waals surface area contributed by atoms with Crippen LogP contribution in [0.3, 0.4) is 0 Å².